The second-order valence-corrected chi connectivity index (χ2v) is 6.82. The van der Waals surface area contributed by atoms with Gasteiger partial charge in [0.05, 0.1) is 0 Å². The highest BCUT2D eigenvalue weighted by Crippen LogP contribution is 3.02. The maximum absolute atomic E-state index is 12.5. The number of hydrogen-bond donors (Lipinski definition) is 1. The summed E-state index contributed by atoms with van der Waals surface area (Å²) in [6.45, 7) is 0. The summed E-state index contributed by atoms with van der Waals surface area (Å²) in [7, 11) is -9.63. The highest BCUT2D eigenvalue weighted by Gasteiger charge is 2.65. The van der Waals surface area contributed by atoms with Gasteiger partial charge in [-0.3, -0.25) is 0 Å². The first-order chi connectivity index (χ1) is 7.94. The molecule has 1 saturated carbocycles. The molecule has 0 radical (unpaired) electrons. The molecule has 8 heteroatoms. The predicted molar refractivity (Wildman–Crippen MR) is 59.5 cm³/mol. The van der Waals surface area contributed by atoms with Crippen LogP contribution in [0.25, 0.3) is 0 Å². The molecule has 0 aromatic heterocycles. The van der Waals surface area contributed by atoms with Gasteiger partial charge in [0.15, 0.2) is 0 Å². The second-order valence-electron chi connectivity index (χ2n) is 4.42. The van der Waals surface area contributed by atoms with Gasteiger partial charge in [0.1, 0.15) is 16.7 Å². The van der Waals surface area contributed by atoms with E-state index < -0.39 is 15.1 Å². The fraction of sp³-hybridized carbons (Fsp3) is 0.400. The van der Waals surface area contributed by atoms with E-state index in [2.05, 4.69) is 0 Å². The smallest absolute Gasteiger partial charge is 0.310 e. The molecule has 18 heavy (non-hydrogen) atoms. The second kappa shape index (κ2) is 3.30. The predicted octanol–water partition coefficient (Wildman–Crippen LogP) is 4.21. The maximum Gasteiger partial charge on any atom is 0.310 e. The van der Waals surface area contributed by atoms with Gasteiger partial charge >= 0.3 is 10.2 Å². The average molecular weight is 289 g/mol. The summed E-state index contributed by atoms with van der Waals surface area (Å²) in [6.07, 6.45) is 0.732. The molecule has 0 atom stereocenters. The SMILES string of the molecule is NC1CC(Oc2cccc(S(F)(F)(F)(F)F)c2)C1. The standard InChI is InChI=1S/C10H12F5NOS/c11-18(12,13,14,15)10-3-1-2-8(6-10)17-9-4-7(16)5-9/h1-3,6-7,9H,4-5,16H2. The molecule has 0 aliphatic heterocycles. The molecular weight excluding hydrogens is 277 g/mol. The Morgan fingerprint density at radius 1 is 1.11 bits per heavy atom. The van der Waals surface area contributed by atoms with Crippen LogP contribution in [0.1, 0.15) is 12.8 Å². The molecule has 104 valence electrons. The van der Waals surface area contributed by atoms with Crippen LogP contribution in [0.15, 0.2) is 29.2 Å². The van der Waals surface area contributed by atoms with Gasteiger partial charge in [0, 0.05) is 12.1 Å². The Labute approximate surface area is 101 Å². The molecule has 0 saturated heterocycles. The van der Waals surface area contributed by atoms with Crippen molar-refractivity contribution in [3.63, 3.8) is 0 Å². The Balaban J connectivity index is 2.21. The van der Waals surface area contributed by atoms with Crippen molar-refractivity contribution in [3.8, 4) is 5.75 Å². The summed E-state index contributed by atoms with van der Waals surface area (Å²) < 4.78 is 67.9. The van der Waals surface area contributed by atoms with Crippen LogP contribution in [0.5, 0.6) is 5.75 Å². The summed E-state index contributed by atoms with van der Waals surface area (Å²) in [5.41, 5.74) is 5.49. The largest absolute Gasteiger partial charge is 0.490 e. The lowest BCUT2D eigenvalue weighted by atomic mass is 9.90. The fourth-order valence-electron chi connectivity index (χ4n) is 1.68. The van der Waals surface area contributed by atoms with E-state index in [1.165, 1.54) is 6.07 Å². The van der Waals surface area contributed by atoms with Gasteiger partial charge in [-0.2, -0.15) is 0 Å². The summed E-state index contributed by atoms with van der Waals surface area (Å²) in [4.78, 5) is -1.93. The summed E-state index contributed by atoms with van der Waals surface area (Å²) in [5.74, 6) is -0.211. The lowest BCUT2D eigenvalue weighted by molar-refractivity contribution is 0.100. The summed E-state index contributed by atoms with van der Waals surface area (Å²) in [5, 5.41) is 0. The van der Waals surface area contributed by atoms with Gasteiger partial charge in [0.2, 0.25) is 0 Å². The van der Waals surface area contributed by atoms with E-state index >= 15 is 0 Å². The van der Waals surface area contributed by atoms with E-state index in [1.54, 1.807) is 0 Å². The molecule has 0 bridgehead atoms. The van der Waals surface area contributed by atoms with Gasteiger partial charge in [-0.15, -0.1) is 0 Å². The minimum Gasteiger partial charge on any atom is -0.490 e. The van der Waals surface area contributed by atoms with Crippen LogP contribution in [-0.2, 0) is 0 Å². The number of benzene rings is 1. The lowest BCUT2D eigenvalue weighted by Crippen LogP contribution is -2.43. The van der Waals surface area contributed by atoms with Crippen LogP contribution in [0.4, 0.5) is 19.4 Å². The van der Waals surface area contributed by atoms with E-state index in [0.29, 0.717) is 25.0 Å². The van der Waals surface area contributed by atoms with E-state index in [0.717, 1.165) is 6.07 Å². The van der Waals surface area contributed by atoms with E-state index in [4.69, 9.17) is 10.5 Å². The zero-order valence-electron chi connectivity index (χ0n) is 9.16. The van der Waals surface area contributed by atoms with Crippen molar-refractivity contribution in [2.75, 3.05) is 0 Å². The quantitative estimate of drug-likeness (QED) is 0.846. The first kappa shape index (κ1) is 13.4. The number of rotatable bonds is 3. The highest BCUT2D eigenvalue weighted by atomic mass is 32.5. The van der Waals surface area contributed by atoms with Crippen LogP contribution in [0.2, 0.25) is 0 Å². The molecule has 2 rings (SSSR count). The van der Waals surface area contributed by atoms with Crippen molar-refractivity contribution in [2.45, 2.75) is 29.9 Å². The molecule has 1 aliphatic carbocycles. The van der Waals surface area contributed by atoms with Crippen molar-refractivity contribution in [1.29, 1.82) is 0 Å². The van der Waals surface area contributed by atoms with Crippen LogP contribution in [0, 0.1) is 0 Å². The third-order valence-electron chi connectivity index (χ3n) is 2.68. The van der Waals surface area contributed by atoms with Crippen molar-refractivity contribution >= 4 is 10.2 Å². The van der Waals surface area contributed by atoms with Crippen molar-refractivity contribution < 1.29 is 24.2 Å². The lowest BCUT2D eigenvalue weighted by Gasteiger charge is -2.40. The Kier molecular flexibility index (Phi) is 2.46. The maximum atomic E-state index is 12.5. The zero-order chi connectivity index (χ0) is 13.7. The summed E-state index contributed by atoms with van der Waals surface area (Å²) >= 11 is 0. The Bertz CT molecular complexity index is 468. The molecule has 1 aromatic carbocycles. The number of ether oxygens (including phenoxy) is 1. The van der Waals surface area contributed by atoms with E-state index in [1.807, 2.05) is 0 Å². The number of hydrogen-bond acceptors (Lipinski definition) is 2. The monoisotopic (exact) mass is 289 g/mol. The van der Waals surface area contributed by atoms with Gasteiger partial charge in [-0.25, -0.2) is 0 Å². The molecule has 2 N–H and O–H groups in total. The van der Waals surface area contributed by atoms with Crippen molar-refractivity contribution in [1.82, 2.24) is 0 Å². The fourth-order valence-corrected chi connectivity index (χ4v) is 2.36. The van der Waals surface area contributed by atoms with Crippen LogP contribution < -0.4 is 10.5 Å². The first-order valence-electron chi connectivity index (χ1n) is 5.20. The molecule has 2 nitrogen and oxygen atoms in total. The van der Waals surface area contributed by atoms with Gasteiger partial charge in [-0.05, 0) is 25.0 Å². The molecule has 1 aromatic rings. The molecule has 0 unspecified atom stereocenters. The number of halogens is 5. The van der Waals surface area contributed by atoms with Crippen LogP contribution in [0.3, 0.4) is 0 Å². The van der Waals surface area contributed by atoms with E-state index in [9.17, 15) is 19.4 Å². The molecule has 0 spiro atoms. The summed E-state index contributed by atoms with van der Waals surface area (Å²) in [6, 6.07) is 2.78. The zero-order valence-corrected chi connectivity index (χ0v) is 9.98. The van der Waals surface area contributed by atoms with Crippen molar-refractivity contribution in [2.24, 2.45) is 5.73 Å². The van der Waals surface area contributed by atoms with Crippen LogP contribution in [-0.4, -0.2) is 12.1 Å². The Morgan fingerprint density at radius 3 is 2.22 bits per heavy atom. The first-order valence-corrected chi connectivity index (χ1v) is 7.15. The van der Waals surface area contributed by atoms with Crippen molar-refractivity contribution in [3.05, 3.63) is 24.3 Å². The third-order valence-corrected chi connectivity index (χ3v) is 3.83. The van der Waals surface area contributed by atoms with Gasteiger partial charge < -0.3 is 10.5 Å². The topological polar surface area (TPSA) is 35.2 Å². The molecule has 0 heterocycles. The Morgan fingerprint density at radius 2 is 1.72 bits per heavy atom. The highest BCUT2D eigenvalue weighted by molar-refractivity contribution is 8.45. The minimum absolute atomic E-state index is 0.0335. The minimum atomic E-state index is -9.63. The molecule has 0 amide bonds. The number of nitrogens with two attached hydrogens (primary N) is 1. The third kappa shape index (κ3) is 3.05. The Hall–Kier alpha value is -1.02. The van der Waals surface area contributed by atoms with Crippen LogP contribution >= 0.6 is 10.2 Å². The van der Waals surface area contributed by atoms with Gasteiger partial charge in [-0.1, -0.05) is 25.5 Å². The van der Waals surface area contributed by atoms with Gasteiger partial charge in [0.25, 0.3) is 0 Å². The van der Waals surface area contributed by atoms with E-state index in [-0.39, 0.29) is 17.9 Å². The molecule has 1 fully saturated rings. The normalized spacial score (nSPS) is 27.9. The molecular formula is C10H12F5NOS. The molecule has 1 aliphatic rings. The average Bonchev–Trinajstić information content (AvgIpc) is 2.12.